The molecule has 7 heteroatoms. The number of aromatic nitrogens is 2. The van der Waals surface area contributed by atoms with Crippen LogP contribution in [0.15, 0.2) is 31.0 Å². The zero-order chi connectivity index (χ0) is 14.9. The highest BCUT2D eigenvalue weighted by atomic mass is 19.4. The van der Waals surface area contributed by atoms with E-state index >= 15 is 0 Å². The number of pyridine rings is 1. The van der Waals surface area contributed by atoms with Crippen molar-refractivity contribution in [2.24, 2.45) is 0 Å². The van der Waals surface area contributed by atoms with E-state index in [9.17, 15) is 18.0 Å². The maximum Gasteiger partial charge on any atom is 0.435 e. The number of nitrogens with zero attached hydrogens (tertiary/aromatic N) is 2. The number of nitrogens with one attached hydrogen (secondary N) is 1. The first-order valence-electron chi connectivity index (χ1n) is 5.79. The van der Waals surface area contributed by atoms with Gasteiger partial charge in [0.15, 0.2) is 5.69 Å². The lowest BCUT2D eigenvalue weighted by molar-refractivity contribution is -0.141. The smallest absolute Gasteiger partial charge is 0.347 e. The first-order valence-corrected chi connectivity index (χ1v) is 5.79. The Morgan fingerprint density at radius 3 is 2.80 bits per heavy atom. The molecule has 2 heterocycles. The lowest BCUT2D eigenvalue weighted by atomic mass is 10.2. The molecule has 0 aliphatic rings. The average Bonchev–Trinajstić information content (AvgIpc) is 2.74. The second kappa shape index (κ2) is 4.99. The Morgan fingerprint density at radius 1 is 1.50 bits per heavy atom. The maximum atomic E-state index is 13.0. The highest BCUT2D eigenvalue weighted by Crippen LogP contribution is 2.32. The Kier molecular flexibility index (Phi) is 3.52. The summed E-state index contributed by atoms with van der Waals surface area (Å²) < 4.78 is 40.1. The molecule has 0 saturated carbocycles. The lowest BCUT2D eigenvalue weighted by Gasteiger charge is -2.07. The SMILES string of the molecule is C=CCNC(=O)c1c(C(F)(F)F)nc2ccc(C)cn12. The molecule has 4 nitrogen and oxygen atoms in total. The Labute approximate surface area is 112 Å². The summed E-state index contributed by atoms with van der Waals surface area (Å²) in [4.78, 5) is 15.4. The van der Waals surface area contributed by atoms with Crippen LogP contribution in [-0.4, -0.2) is 21.8 Å². The number of rotatable bonds is 3. The van der Waals surface area contributed by atoms with E-state index in [2.05, 4.69) is 16.9 Å². The van der Waals surface area contributed by atoms with E-state index in [1.807, 2.05) is 0 Å². The molecule has 106 valence electrons. The van der Waals surface area contributed by atoms with Crippen LogP contribution < -0.4 is 5.32 Å². The highest BCUT2D eigenvalue weighted by molar-refractivity contribution is 5.95. The number of aryl methyl sites for hydroxylation is 1. The molecule has 0 aliphatic carbocycles. The maximum absolute atomic E-state index is 13.0. The van der Waals surface area contributed by atoms with Crippen molar-refractivity contribution in [3.63, 3.8) is 0 Å². The third-order valence-electron chi connectivity index (χ3n) is 2.66. The van der Waals surface area contributed by atoms with E-state index in [1.165, 1.54) is 18.3 Å². The van der Waals surface area contributed by atoms with Crippen LogP contribution in [0.2, 0.25) is 0 Å². The van der Waals surface area contributed by atoms with Crippen molar-refractivity contribution in [1.82, 2.24) is 14.7 Å². The number of imidazole rings is 1. The van der Waals surface area contributed by atoms with Crippen molar-refractivity contribution in [3.8, 4) is 0 Å². The van der Waals surface area contributed by atoms with Crippen LogP contribution in [0.1, 0.15) is 21.7 Å². The van der Waals surface area contributed by atoms with Crippen molar-refractivity contribution in [2.45, 2.75) is 13.1 Å². The van der Waals surface area contributed by atoms with Gasteiger partial charge in [0.25, 0.3) is 5.91 Å². The standard InChI is InChI=1S/C13H12F3N3O/c1-3-6-17-12(20)10-11(13(14,15)16)18-9-5-4-8(2)7-19(9)10/h3-5,7H,1,6H2,2H3,(H,17,20). The van der Waals surface area contributed by atoms with Gasteiger partial charge in [-0.3, -0.25) is 9.20 Å². The number of hydrogen-bond donors (Lipinski definition) is 1. The quantitative estimate of drug-likeness (QED) is 0.880. The summed E-state index contributed by atoms with van der Waals surface area (Å²) in [6, 6.07) is 3.07. The summed E-state index contributed by atoms with van der Waals surface area (Å²) in [6.07, 6.45) is -1.86. The minimum atomic E-state index is -4.69. The predicted molar refractivity (Wildman–Crippen MR) is 67.5 cm³/mol. The fourth-order valence-corrected chi connectivity index (χ4v) is 1.81. The molecule has 0 radical (unpaired) electrons. The molecule has 1 amide bonds. The minimum absolute atomic E-state index is 0.0756. The van der Waals surface area contributed by atoms with E-state index in [0.29, 0.717) is 0 Å². The molecular formula is C13H12F3N3O. The predicted octanol–water partition coefficient (Wildman–Crippen LogP) is 2.58. The van der Waals surface area contributed by atoms with Gasteiger partial charge in [-0.25, -0.2) is 4.98 Å². The van der Waals surface area contributed by atoms with Crippen LogP contribution >= 0.6 is 0 Å². The van der Waals surface area contributed by atoms with Crippen molar-refractivity contribution < 1.29 is 18.0 Å². The van der Waals surface area contributed by atoms with Gasteiger partial charge in [0, 0.05) is 12.7 Å². The normalized spacial score (nSPS) is 11.6. The van der Waals surface area contributed by atoms with Gasteiger partial charge in [0.05, 0.1) is 0 Å². The summed E-state index contributed by atoms with van der Waals surface area (Å²) >= 11 is 0. The summed E-state index contributed by atoms with van der Waals surface area (Å²) in [5, 5.41) is 2.34. The second-order valence-corrected chi connectivity index (χ2v) is 4.24. The van der Waals surface area contributed by atoms with Gasteiger partial charge >= 0.3 is 6.18 Å². The number of alkyl halides is 3. The van der Waals surface area contributed by atoms with E-state index in [0.717, 1.165) is 9.96 Å². The summed E-state index contributed by atoms with van der Waals surface area (Å²) in [5.41, 5.74) is -0.907. The van der Waals surface area contributed by atoms with Gasteiger partial charge in [-0.05, 0) is 18.6 Å². The molecule has 2 rings (SSSR count). The number of hydrogen-bond acceptors (Lipinski definition) is 2. The molecule has 0 saturated heterocycles. The molecule has 0 bridgehead atoms. The van der Waals surface area contributed by atoms with Gasteiger partial charge in [0.2, 0.25) is 0 Å². The van der Waals surface area contributed by atoms with Gasteiger partial charge in [-0.1, -0.05) is 12.1 Å². The molecule has 0 aromatic carbocycles. The molecule has 0 atom stereocenters. The topological polar surface area (TPSA) is 46.4 Å². The van der Waals surface area contributed by atoms with E-state index < -0.39 is 23.5 Å². The van der Waals surface area contributed by atoms with Gasteiger partial charge in [-0.15, -0.1) is 6.58 Å². The van der Waals surface area contributed by atoms with Crippen molar-refractivity contribution in [2.75, 3.05) is 6.54 Å². The number of halogens is 3. The molecule has 0 spiro atoms. The average molecular weight is 283 g/mol. The molecule has 1 N–H and O–H groups in total. The Morgan fingerprint density at radius 2 is 2.20 bits per heavy atom. The van der Waals surface area contributed by atoms with Gasteiger partial charge < -0.3 is 5.32 Å². The van der Waals surface area contributed by atoms with Crippen LogP contribution in [0.5, 0.6) is 0 Å². The Balaban J connectivity index is 2.66. The van der Waals surface area contributed by atoms with Crippen LogP contribution in [-0.2, 0) is 6.18 Å². The van der Waals surface area contributed by atoms with E-state index in [4.69, 9.17) is 0 Å². The summed E-state index contributed by atoms with van der Waals surface area (Å²) in [6.45, 7) is 5.20. The second-order valence-electron chi connectivity index (χ2n) is 4.24. The molecule has 0 fully saturated rings. The molecule has 0 unspecified atom stereocenters. The number of fused-ring (bicyclic) bond motifs is 1. The third kappa shape index (κ3) is 2.52. The number of carbonyl (C=O) groups excluding carboxylic acids is 1. The molecule has 0 aliphatic heterocycles. The zero-order valence-electron chi connectivity index (χ0n) is 10.7. The van der Waals surface area contributed by atoms with Crippen LogP contribution in [0.4, 0.5) is 13.2 Å². The lowest BCUT2D eigenvalue weighted by Crippen LogP contribution is -2.27. The van der Waals surface area contributed by atoms with Crippen LogP contribution in [0, 0.1) is 6.92 Å². The Hall–Kier alpha value is -2.31. The fourth-order valence-electron chi connectivity index (χ4n) is 1.81. The van der Waals surface area contributed by atoms with E-state index in [-0.39, 0.29) is 12.2 Å². The van der Waals surface area contributed by atoms with Crippen LogP contribution in [0.3, 0.4) is 0 Å². The monoisotopic (exact) mass is 283 g/mol. The molecule has 2 aromatic heterocycles. The fraction of sp³-hybridized carbons (Fsp3) is 0.231. The first-order chi connectivity index (χ1) is 9.34. The number of amides is 1. The largest absolute Gasteiger partial charge is 0.435 e. The molecule has 20 heavy (non-hydrogen) atoms. The zero-order valence-corrected chi connectivity index (χ0v) is 10.7. The third-order valence-corrected chi connectivity index (χ3v) is 2.66. The van der Waals surface area contributed by atoms with Crippen molar-refractivity contribution >= 4 is 11.6 Å². The van der Waals surface area contributed by atoms with E-state index in [1.54, 1.807) is 13.0 Å². The Bertz CT molecular complexity index is 673. The van der Waals surface area contributed by atoms with Crippen molar-refractivity contribution in [3.05, 3.63) is 47.9 Å². The van der Waals surface area contributed by atoms with Gasteiger partial charge in [-0.2, -0.15) is 13.2 Å². The van der Waals surface area contributed by atoms with Gasteiger partial charge in [0.1, 0.15) is 11.3 Å². The minimum Gasteiger partial charge on any atom is -0.347 e. The summed E-state index contributed by atoms with van der Waals surface area (Å²) in [7, 11) is 0. The number of carbonyl (C=O) groups is 1. The van der Waals surface area contributed by atoms with Crippen molar-refractivity contribution in [1.29, 1.82) is 0 Å². The highest BCUT2D eigenvalue weighted by Gasteiger charge is 2.40. The summed E-state index contributed by atoms with van der Waals surface area (Å²) in [5.74, 6) is -0.838. The molecular weight excluding hydrogens is 271 g/mol. The molecule has 2 aromatic rings. The van der Waals surface area contributed by atoms with Crippen LogP contribution in [0.25, 0.3) is 5.65 Å². The first kappa shape index (κ1) is 14.1.